The molecule has 1 atom stereocenters. The number of benzene rings is 1. The van der Waals surface area contributed by atoms with Gasteiger partial charge in [0.05, 0.1) is 0 Å². The zero-order valence-electron chi connectivity index (χ0n) is 17.6. The molecule has 5 nitrogen and oxygen atoms in total. The predicted molar refractivity (Wildman–Crippen MR) is 116 cm³/mol. The summed E-state index contributed by atoms with van der Waals surface area (Å²) >= 11 is 1.51. The molecule has 1 aromatic heterocycles. The molecule has 7 heteroatoms. The number of carbonyl (C=O) groups excluding carboxylic acids is 1. The SMILES string of the molecule is CC[C@H](C)NC(=O)CCCCSc1nc(C)c(Cc2ccccc2F)c(=O)n1C. The minimum atomic E-state index is -0.315. The molecule has 1 aromatic carbocycles. The molecule has 0 radical (unpaired) electrons. The molecule has 0 aliphatic heterocycles. The van der Waals surface area contributed by atoms with Crippen molar-refractivity contribution < 1.29 is 9.18 Å². The summed E-state index contributed by atoms with van der Waals surface area (Å²) in [4.78, 5) is 29.1. The van der Waals surface area contributed by atoms with Crippen LogP contribution in [0.4, 0.5) is 4.39 Å². The zero-order chi connectivity index (χ0) is 21.4. The van der Waals surface area contributed by atoms with Gasteiger partial charge in [-0.05, 0) is 44.7 Å². The van der Waals surface area contributed by atoms with Gasteiger partial charge in [-0.3, -0.25) is 14.2 Å². The highest BCUT2D eigenvalue weighted by Gasteiger charge is 2.14. The molecule has 1 amide bonds. The Labute approximate surface area is 176 Å². The van der Waals surface area contributed by atoms with Crippen LogP contribution in [0.1, 0.15) is 56.4 Å². The van der Waals surface area contributed by atoms with Crippen molar-refractivity contribution in [2.45, 2.75) is 64.1 Å². The van der Waals surface area contributed by atoms with Crippen molar-refractivity contribution >= 4 is 17.7 Å². The Morgan fingerprint density at radius 3 is 2.72 bits per heavy atom. The van der Waals surface area contributed by atoms with E-state index in [0.717, 1.165) is 25.0 Å². The molecule has 29 heavy (non-hydrogen) atoms. The Kier molecular flexibility index (Phi) is 8.89. The van der Waals surface area contributed by atoms with Crippen molar-refractivity contribution in [2.75, 3.05) is 5.75 Å². The highest BCUT2D eigenvalue weighted by atomic mass is 32.2. The van der Waals surface area contributed by atoms with Gasteiger partial charge in [-0.2, -0.15) is 0 Å². The van der Waals surface area contributed by atoms with E-state index in [2.05, 4.69) is 10.3 Å². The molecular weight excluding hydrogens is 389 g/mol. The van der Waals surface area contributed by atoms with Gasteiger partial charge in [0, 0.05) is 42.9 Å². The predicted octanol–water partition coefficient (Wildman–Crippen LogP) is 4.00. The van der Waals surface area contributed by atoms with Crippen LogP contribution in [-0.4, -0.2) is 27.3 Å². The Bertz CT molecular complexity index is 898. The Morgan fingerprint density at radius 2 is 2.03 bits per heavy atom. The topological polar surface area (TPSA) is 64.0 Å². The number of amides is 1. The maximum absolute atomic E-state index is 13.9. The average molecular weight is 420 g/mol. The van der Waals surface area contributed by atoms with E-state index < -0.39 is 0 Å². The van der Waals surface area contributed by atoms with Crippen LogP contribution >= 0.6 is 11.8 Å². The van der Waals surface area contributed by atoms with E-state index in [9.17, 15) is 14.0 Å². The van der Waals surface area contributed by atoms with E-state index in [0.29, 0.717) is 28.4 Å². The summed E-state index contributed by atoms with van der Waals surface area (Å²) in [6.45, 7) is 5.83. The first-order valence-electron chi connectivity index (χ1n) is 10.1. The molecule has 2 rings (SSSR count). The van der Waals surface area contributed by atoms with Gasteiger partial charge in [0.1, 0.15) is 5.82 Å². The van der Waals surface area contributed by atoms with Crippen LogP contribution in [0.5, 0.6) is 0 Å². The van der Waals surface area contributed by atoms with E-state index in [4.69, 9.17) is 0 Å². The third kappa shape index (κ3) is 6.70. The number of rotatable bonds is 10. The van der Waals surface area contributed by atoms with Gasteiger partial charge in [0.2, 0.25) is 5.91 Å². The number of hydrogen-bond acceptors (Lipinski definition) is 4. The first-order valence-corrected chi connectivity index (χ1v) is 11.0. The second kappa shape index (κ2) is 11.1. The summed E-state index contributed by atoms with van der Waals surface area (Å²) in [5.41, 5.74) is 1.50. The van der Waals surface area contributed by atoms with Crippen molar-refractivity contribution in [1.29, 1.82) is 0 Å². The molecule has 0 unspecified atom stereocenters. The smallest absolute Gasteiger partial charge is 0.257 e. The van der Waals surface area contributed by atoms with Crippen LogP contribution in [0.3, 0.4) is 0 Å². The van der Waals surface area contributed by atoms with Crippen molar-refractivity contribution in [3.8, 4) is 0 Å². The van der Waals surface area contributed by atoms with Gasteiger partial charge in [-0.25, -0.2) is 9.37 Å². The van der Waals surface area contributed by atoms with Crippen LogP contribution in [0.15, 0.2) is 34.2 Å². The van der Waals surface area contributed by atoms with E-state index in [1.165, 1.54) is 22.4 Å². The van der Waals surface area contributed by atoms with Gasteiger partial charge in [-0.1, -0.05) is 36.9 Å². The minimum Gasteiger partial charge on any atom is -0.354 e. The lowest BCUT2D eigenvalue weighted by Gasteiger charge is -2.13. The van der Waals surface area contributed by atoms with Crippen LogP contribution in [0.2, 0.25) is 0 Å². The lowest BCUT2D eigenvalue weighted by atomic mass is 10.0. The second-order valence-electron chi connectivity index (χ2n) is 7.27. The standard InChI is InChI=1S/C22H30FN3O2S/c1-5-15(2)24-20(27)12-8-9-13-29-22-25-16(3)18(21(28)26(22)4)14-17-10-6-7-11-19(17)23/h6-7,10-11,15H,5,8-9,12-14H2,1-4H3,(H,24,27)/t15-/m0/s1. The van der Waals surface area contributed by atoms with E-state index in [1.54, 1.807) is 32.2 Å². The molecule has 1 heterocycles. The number of thioether (sulfide) groups is 1. The molecule has 0 aliphatic rings. The zero-order valence-corrected chi connectivity index (χ0v) is 18.4. The molecule has 0 bridgehead atoms. The number of unbranched alkanes of at least 4 members (excludes halogenated alkanes) is 1. The van der Waals surface area contributed by atoms with Gasteiger partial charge in [0.15, 0.2) is 5.16 Å². The summed E-state index contributed by atoms with van der Waals surface area (Å²) < 4.78 is 15.5. The summed E-state index contributed by atoms with van der Waals surface area (Å²) in [7, 11) is 1.70. The third-order valence-corrected chi connectivity index (χ3v) is 6.04. The van der Waals surface area contributed by atoms with Crippen molar-refractivity contribution in [2.24, 2.45) is 7.05 Å². The lowest BCUT2D eigenvalue weighted by Crippen LogP contribution is -2.31. The molecule has 158 valence electrons. The van der Waals surface area contributed by atoms with Gasteiger partial charge in [-0.15, -0.1) is 0 Å². The Morgan fingerprint density at radius 1 is 1.31 bits per heavy atom. The first kappa shape index (κ1) is 23.1. The van der Waals surface area contributed by atoms with E-state index in [-0.39, 0.29) is 29.7 Å². The fourth-order valence-corrected chi connectivity index (χ4v) is 3.90. The normalized spacial score (nSPS) is 12.0. The average Bonchev–Trinajstić information content (AvgIpc) is 2.69. The third-order valence-electron chi connectivity index (χ3n) is 4.92. The van der Waals surface area contributed by atoms with Gasteiger partial charge < -0.3 is 5.32 Å². The summed E-state index contributed by atoms with van der Waals surface area (Å²) in [6.07, 6.45) is 3.33. The molecular formula is C22H30FN3O2S. The summed E-state index contributed by atoms with van der Waals surface area (Å²) in [5, 5.41) is 3.61. The maximum atomic E-state index is 13.9. The fraction of sp³-hybridized carbons (Fsp3) is 0.500. The second-order valence-corrected chi connectivity index (χ2v) is 8.34. The monoisotopic (exact) mass is 419 g/mol. The first-order chi connectivity index (χ1) is 13.8. The molecule has 0 aliphatic carbocycles. The fourth-order valence-electron chi connectivity index (χ4n) is 2.89. The molecule has 0 saturated carbocycles. The quantitative estimate of drug-likeness (QED) is 0.359. The van der Waals surface area contributed by atoms with Gasteiger partial charge >= 0.3 is 0 Å². The van der Waals surface area contributed by atoms with Crippen LogP contribution in [0.25, 0.3) is 0 Å². The van der Waals surface area contributed by atoms with E-state index >= 15 is 0 Å². The molecule has 0 spiro atoms. The van der Waals surface area contributed by atoms with Crippen LogP contribution in [0, 0.1) is 12.7 Å². The minimum absolute atomic E-state index is 0.0863. The highest BCUT2D eigenvalue weighted by molar-refractivity contribution is 7.99. The largest absolute Gasteiger partial charge is 0.354 e. The maximum Gasteiger partial charge on any atom is 0.257 e. The van der Waals surface area contributed by atoms with Crippen LogP contribution < -0.4 is 10.9 Å². The number of hydrogen-bond donors (Lipinski definition) is 1. The highest BCUT2D eigenvalue weighted by Crippen LogP contribution is 2.19. The molecule has 2 aromatic rings. The number of aryl methyl sites for hydroxylation is 1. The lowest BCUT2D eigenvalue weighted by molar-refractivity contribution is -0.121. The Hall–Kier alpha value is -2.15. The number of aromatic nitrogens is 2. The summed E-state index contributed by atoms with van der Waals surface area (Å²) in [5.74, 6) is 0.552. The Balaban J connectivity index is 1.93. The van der Waals surface area contributed by atoms with E-state index in [1.807, 2.05) is 13.8 Å². The number of nitrogens with zero attached hydrogens (tertiary/aromatic N) is 2. The number of halogens is 1. The number of carbonyl (C=O) groups is 1. The molecule has 1 N–H and O–H groups in total. The number of nitrogens with one attached hydrogen (secondary N) is 1. The molecule has 0 saturated heterocycles. The van der Waals surface area contributed by atoms with Crippen molar-refractivity contribution in [3.63, 3.8) is 0 Å². The van der Waals surface area contributed by atoms with Crippen molar-refractivity contribution in [1.82, 2.24) is 14.9 Å². The van der Waals surface area contributed by atoms with Crippen molar-refractivity contribution in [3.05, 3.63) is 57.3 Å². The van der Waals surface area contributed by atoms with Crippen LogP contribution in [-0.2, 0) is 18.3 Å². The summed E-state index contributed by atoms with van der Waals surface area (Å²) in [6, 6.07) is 6.69. The van der Waals surface area contributed by atoms with Gasteiger partial charge in [0.25, 0.3) is 5.56 Å². The molecule has 0 fully saturated rings.